The average Bonchev–Trinajstić information content (AvgIpc) is 2.87. The van der Waals surface area contributed by atoms with E-state index in [1.165, 1.54) is 31.3 Å². The van der Waals surface area contributed by atoms with E-state index in [1.54, 1.807) is 0 Å². The highest BCUT2D eigenvalue weighted by atomic mass is 32.2. The molecular formula is C15H10F3NO4S. The number of rotatable bonds is 2. The Hall–Kier alpha value is -2.39. The van der Waals surface area contributed by atoms with Gasteiger partial charge in [-0.3, -0.25) is 4.55 Å². The molecule has 2 aromatic heterocycles. The van der Waals surface area contributed by atoms with E-state index in [0.29, 0.717) is 5.56 Å². The monoisotopic (exact) mass is 357 g/mol. The topological polar surface area (TPSA) is 80.4 Å². The normalized spacial score (nSPS) is 12.7. The van der Waals surface area contributed by atoms with Crippen LogP contribution in [0.3, 0.4) is 0 Å². The van der Waals surface area contributed by atoms with Crippen LogP contribution < -0.4 is 0 Å². The van der Waals surface area contributed by atoms with Crippen LogP contribution in [0.1, 0.15) is 11.1 Å². The molecule has 0 aliphatic carbocycles. The van der Waals surface area contributed by atoms with Crippen LogP contribution in [0.25, 0.3) is 22.3 Å². The van der Waals surface area contributed by atoms with Crippen LogP contribution in [-0.4, -0.2) is 18.0 Å². The number of aromatic nitrogens is 1. The minimum atomic E-state index is -4.52. The largest absolute Gasteiger partial charge is 0.456 e. The zero-order valence-corrected chi connectivity index (χ0v) is 12.9. The van der Waals surface area contributed by atoms with Crippen molar-refractivity contribution in [1.82, 2.24) is 4.98 Å². The van der Waals surface area contributed by atoms with E-state index < -0.39 is 26.9 Å². The van der Waals surface area contributed by atoms with Crippen molar-refractivity contribution in [2.75, 3.05) is 0 Å². The van der Waals surface area contributed by atoms with Crippen LogP contribution in [0.15, 0.2) is 46.0 Å². The van der Waals surface area contributed by atoms with E-state index in [2.05, 4.69) is 4.98 Å². The van der Waals surface area contributed by atoms with E-state index in [4.69, 9.17) is 8.97 Å². The maximum atomic E-state index is 12.8. The molecule has 0 saturated heterocycles. The summed E-state index contributed by atoms with van der Waals surface area (Å²) < 4.78 is 75.5. The molecule has 0 radical (unpaired) electrons. The van der Waals surface area contributed by atoms with E-state index in [0.717, 1.165) is 12.1 Å². The molecule has 0 aliphatic heterocycles. The quantitative estimate of drug-likeness (QED) is 0.700. The van der Waals surface area contributed by atoms with Crippen LogP contribution >= 0.6 is 0 Å². The number of nitrogens with zero attached hydrogens (tertiary/aromatic N) is 1. The van der Waals surface area contributed by atoms with Crippen LogP contribution in [0.4, 0.5) is 13.2 Å². The van der Waals surface area contributed by atoms with Gasteiger partial charge < -0.3 is 4.42 Å². The van der Waals surface area contributed by atoms with Crippen molar-refractivity contribution in [3.63, 3.8) is 0 Å². The molecule has 3 aromatic rings. The molecule has 0 atom stereocenters. The fraction of sp³-hybridized carbons (Fsp3) is 0.133. The number of pyridine rings is 1. The van der Waals surface area contributed by atoms with Gasteiger partial charge in [-0.05, 0) is 42.8 Å². The van der Waals surface area contributed by atoms with Gasteiger partial charge in [0.1, 0.15) is 11.3 Å². The molecule has 0 unspecified atom stereocenters. The molecule has 0 saturated carbocycles. The molecule has 1 aromatic carbocycles. The number of alkyl halides is 3. The zero-order chi connectivity index (χ0) is 17.7. The van der Waals surface area contributed by atoms with Gasteiger partial charge in [-0.15, -0.1) is 0 Å². The van der Waals surface area contributed by atoms with Crippen molar-refractivity contribution in [3.8, 4) is 11.3 Å². The molecule has 24 heavy (non-hydrogen) atoms. The van der Waals surface area contributed by atoms with Gasteiger partial charge in [0.05, 0.1) is 5.56 Å². The summed E-state index contributed by atoms with van der Waals surface area (Å²) in [5, 5.41) is -0.305. The van der Waals surface area contributed by atoms with Crippen LogP contribution in [-0.2, 0) is 16.3 Å². The Morgan fingerprint density at radius 1 is 1.17 bits per heavy atom. The lowest BCUT2D eigenvalue weighted by Gasteiger charge is -2.05. The summed E-state index contributed by atoms with van der Waals surface area (Å²) in [7, 11) is -4.52. The fourth-order valence-corrected chi connectivity index (χ4v) is 3.09. The predicted octanol–water partition coefficient (Wildman–Crippen LogP) is 4.07. The molecule has 2 heterocycles. The van der Waals surface area contributed by atoms with Crippen molar-refractivity contribution < 1.29 is 30.6 Å². The molecule has 9 heteroatoms. The first-order valence-electron chi connectivity index (χ1n) is 6.61. The smallest absolute Gasteiger partial charge is 0.416 e. The standard InChI is InChI=1S/C15H10F3NO4S/c1-8-11(4-5-19-14(8)24(20,21)22)13-7-9-6-10(15(16,17)18)2-3-12(9)23-13/h2-7H,1H3,(H,20,21,22). The number of hydrogen-bond acceptors (Lipinski definition) is 4. The second-order valence-electron chi connectivity index (χ2n) is 5.12. The lowest BCUT2D eigenvalue weighted by Crippen LogP contribution is -2.04. The number of benzene rings is 1. The molecule has 0 amide bonds. The van der Waals surface area contributed by atoms with E-state index in [-0.39, 0.29) is 22.3 Å². The summed E-state index contributed by atoms with van der Waals surface area (Å²) in [4.78, 5) is 3.61. The average molecular weight is 357 g/mol. The lowest BCUT2D eigenvalue weighted by atomic mass is 10.1. The first-order chi connectivity index (χ1) is 11.1. The van der Waals surface area contributed by atoms with Gasteiger partial charge in [0.2, 0.25) is 0 Å². The first-order valence-corrected chi connectivity index (χ1v) is 8.05. The highest BCUT2D eigenvalue weighted by Gasteiger charge is 2.30. The maximum Gasteiger partial charge on any atom is 0.416 e. The lowest BCUT2D eigenvalue weighted by molar-refractivity contribution is -0.137. The molecule has 0 aliphatic rings. The summed E-state index contributed by atoms with van der Waals surface area (Å²) in [6, 6.07) is 5.87. The molecule has 0 fully saturated rings. The maximum absolute atomic E-state index is 12.8. The Labute approximate surface area is 134 Å². The van der Waals surface area contributed by atoms with Crippen LogP contribution in [0.2, 0.25) is 0 Å². The summed E-state index contributed by atoms with van der Waals surface area (Å²) in [6.45, 7) is 1.42. The van der Waals surface area contributed by atoms with Gasteiger partial charge in [0.25, 0.3) is 0 Å². The third-order valence-corrected chi connectivity index (χ3v) is 4.41. The molecule has 3 rings (SSSR count). The van der Waals surface area contributed by atoms with Crippen molar-refractivity contribution in [2.45, 2.75) is 18.1 Å². The van der Waals surface area contributed by atoms with Gasteiger partial charge >= 0.3 is 16.3 Å². The highest BCUT2D eigenvalue weighted by molar-refractivity contribution is 7.85. The van der Waals surface area contributed by atoms with E-state index in [9.17, 15) is 21.6 Å². The predicted molar refractivity (Wildman–Crippen MR) is 79.0 cm³/mol. The molecule has 5 nitrogen and oxygen atoms in total. The van der Waals surface area contributed by atoms with E-state index in [1.807, 2.05) is 0 Å². The summed E-state index contributed by atoms with van der Waals surface area (Å²) >= 11 is 0. The number of fused-ring (bicyclic) bond motifs is 1. The Balaban J connectivity index is 2.18. The minimum absolute atomic E-state index is 0.134. The van der Waals surface area contributed by atoms with Gasteiger partial charge in [-0.2, -0.15) is 21.6 Å². The highest BCUT2D eigenvalue weighted by Crippen LogP contribution is 2.35. The second kappa shape index (κ2) is 5.32. The third kappa shape index (κ3) is 2.87. The van der Waals surface area contributed by atoms with E-state index >= 15 is 0 Å². The fourth-order valence-electron chi connectivity index (χ4n) is 2.40. The van der Waals surface area contributed by atoms with Crippen LogP contribution in [0, 0.1) is 6.92 Å². The first kappa shape index (κ1) is 16.5. The summed E-state index contributed by atoms with van der Waals surface area (Å²) in [6.07, 6.45) is -3.31. The van der Waals surface area contributed by atoms with Crippen molar-refractivity contribution >= 4 is 21.1 Å². The van der Waals surface area contributed by atoms with Crippen molar-refractivity contribution in [1.29, 1.82) is 0 Å². The Morgan fingerprint density at radius 3 is 2.50 bits per heavy atom. The second-order valence-corrected chi connectivity index (χ2v) is 6.46. The number of halogens is 3. The molecule has 1 N–H and O–H groups in total. The van der Waals surface area contributed by atoms with Crippen molar-refractivity contribution in [2.24, 2.45) is 0 Å². The van der Waals surface area contributed by atoms with Crippen molar-refractivity contribution in [3.05, 3.63) is 47.7 Å². The van der Waals surface area contributed by atoms with Gasteiger partial charge in [-0.1, -0.05) is 0 Å². The Bertz CT molecular complexity index is 1040. The number of hydrogen-bond donors (Lipinski definition) is 1. The molecule has 0 spiro atoms. The van der Waals surface area contributed by atoms with Crippen LogP contribution in [0.5, 0.6) is 0 Å². The number of furan rings is 1. The van der Waals surface area contributed by atoms with Gasteiger partial charge in [-0.25, -0.2) is 4.98 Å². The third-order valence-electron chi connectivity index (χ3n) is 3.51. The summed E-state index contributed by atoms with van der Waals surface area (Å²) in [5.41, 5.74) is -0.146. The SMILES string of the molecule is Cc1c(-c2cc3cc(C(F)(F)F)ccc3o2)ccnc1S(=O)(=O)O. The Morgan fingerprint density at radius 2 is 1.88 bits per heavy atom. The minimum Gasteiger partial charge on any atom is -0.456 e. The molecular weight excluding hydrogens is 347 g/mol. The Kier molecular flexibility index (Phi) is 3.65. The zero-order valence-electron chi connectivity index (χ0n) is 12.1. The molecule has 0 bridgehead atoms. The van der Waals surface area contributed by atoms with Gasteiger partial charge in [0, 0.05) is 17.1 Å². The van der Waals surface area contributed by atoms with Gasteiger partial charge in [0.15, 0.2) is 5.03 Å². The molecule has 126 valence electrons. The summed E-state index contributed by atoms with van der Waals surface area (Å²) in [5.74, 6) is 0.175.